The first-order valence-corrected chi connectivity index (χ1v) is 13.3. The maximum Gasteiger partial charge on any atom is 0.159 e. The lowest BCUT2D eigenvalue weighted by Gasteiger charge is -2.42. The fourth-order valence-corrected chi connectivity index (χ4v) is 5.28. The van der Waals surface area contributed by atoms with Gasteiger partial charge in [-0.15, -0.1) is 0 Å². The normalized spacial score (nSPS) is 22.2. The fraction of sp³-hybridized carbons (Fsp3) is 0.556. The Morgan fingerprint density at radius 2 is 1.59 bits per heavy atom. The van der Waals surface area contributed by atoms with Gasteiger partial charge in [0, 0.05) is 12.2 Å². The van der Waals surface area contributed by atoms with E-state index >= 15 is 0 Å². The number of sulfone groups is 1. The Kier molecular flexibility index (Phi) is 7.41. The number of aryl methyl sites for hydroxylation is 3. The van der Waals surface area contributed by atoms with Crippen molar-refractivity contribution in [2.45, 2.75) is 90.1 Å². The second kappa shape index (κ2) is 9.56. The van der Waals surface area contributed by atoms with E-state index in [2.05, 4.69) is 62.9 Å². The second-order valence-electron chi connectivity index (χ2n) is 10.3. The third kappa shape index (κ3) is 5.74. The third-order valence-electron chi connectivity index (χ3n) is 6.73. The molecule has 5 heteroatoms. The van der Waals surface area contributed by atoms with Crippen molar-refractivity contribution in [3.63, 3.8) is 0 Å². The van der Waals surface area contributed by atoms with E-state index in [-0.39, 0.29) is 18.0 Å². The van der Waals surface area contributed by atoms with Gasteiger partial charge in [-0.3, -0.25) is 0 Å². The van der Waals surface area contributed by atoms with Crippen LogP contribution < -0.4 is 4.90 Å². The van der Waals surface area contributed by atoms with Crippen LogP contribution in [-0.4, -0.2) is 38.0 Å². The molecule has 0 saturated carbocycles. The summed E-state index contributed by atoms with van der Waals surface area (Å²) in [5.74, 6) is 0.0918. The first-order valence-electron chi connectivity index (χ1n) is 11.7. The molecule has 3 rings (SSSR count). The van der Waals surface area contributed by atoms with Gasteiger partial charge in [-0.1, -0.05) is 30.3 Å². The summed E-state index contributed by atoms with van der Waals surface area (Å²) in [6.45, 7) is 14.9. The lowest BCUT2D eigenvalue weighted by molar-refractivity contribution is -0.0257. The van der Waals surface area contributed by atoms with E-state index < -0.39 is 14.6 Å². The van der Waals surface area contributed by atoms with E-state index in [4.69, 9.17) is 4.74 Å². The fourth-order valence-electron chi connectivity index (χ4n) is 4.22. The lowest BCUT2D eigenvalue weighted by atomic mass is 9.98. The summed E-state index contributed by atoms with van der Waals surface area (Å²) in [6.07, 6.45) is 2.37. The van der Waals surface area contributed by atoms with Gasteiger partial charge in [-0.2, -0.15) is 0 Å². The number of hydrogen-bond acceptors (Lipinski definition) is 4. The summed E-state index contributed by atoms with van der Waals surface area (Å²) in [5, 5.41) is 0. The summed E-state index contributed by atoms with van der Waals surface area (Å²) in [5.41, 5.74) is 6.02. The highest BCUT2D eigenvalue weighted by molar-refractivity contribution is 7.91. The Balaban J connectivity index is 1.64. The molecule has 1 saturated heterocycles. The highest BCUT2D eigenvalue weighted by atomic mass is 32.2. The molecule has 176 valence electrons. The molecule has 1 unspecified atom stereocenters. The third-order valence-corrected chi connectivity index (χ3v) is 9.30. The van der Waals surface area contributed by atoms with Crippen LogP contribution in [0.15, 0.2) is 42.5 Å². The van der Waals surface area contributed by atoms with Crippen LogP contribution in [0.2, 0.25) is 0 Å². The van der Waals surface area contributed by atoms with Crippen molar-refractivity contribution in [2.24, 2.45) is 0 Å². The Morgan fingerprint density at radius 1 is 0.969 bits per heavy atom. The predicted octanol–water partition coefficient (Wildman–Crippen LogP) is 5.50. The van der Waals surface area contributed by atoms with Gasteiger partial charge in [-0.05, 0) is 95.7 Å². The number of hydrogen-bond donors (Lipinski definition) is 0. The maximum atomic E-state index is 12.4. The molecule has 0 bridgehead atoms. The zero-order valence-corrected chi connectivity index (χ0v) is 21.5. The van der Waals surface area contributed by atoms with Crippen molar-refractivity contribution in [1.29, 1.82) is 0 Å². The second-order valence-corrected chi connectivity index (χ2v) is 13.1. The van der Waals surface area contributed by atoms with E-state index in [1.165, 1.54) is 22.4 Å². The van der Waals surface area contributed by atoms with Gasteiger partial charge < -0.3 is 9.64 Å². The SMILES string of the molecule is Cc1cc(N2C[C@H](C)O[C@H](C)C2C)ccc1CCc1ccc(CS(=O)(=O)C(C)(C)C)cc1. The molecule has 0 amide bonds. The summed E-state index contributed by atoms with van der Waals surface area (Å²) < 4.78 is 30.1. The van der Waals surface area contributed by atoms with Crippen molar-refractivity contribution in [3.05, 3.63) is 64.7 Å². The quantitative estimate of drug-likeness (QED) is 0.575. The first kappa shape index (κ1) is 24.8. The van der Waals surface area contributed by atoms with E-state index in [0.29, 0.717) is 6.04 Å². The highest BCUT2D eigenvalue weighted by Crippen LogP contribution is 2.28. The molecule has 0 aromatic heterocycles. The van der Waals surface area contributed by atoms with Gasteiger partial charge in [0.05, 0.1) is 28.7 Å². The smallest absolute Gasteiger partial charge is 0.159 e. The van der Waals surface area contributed by atoms with Gasteiger partial charge in [0.25, 0.3) is 0 Å². The van der Waals surface area contributed by atoms with Crippen LogP contribution in [-0.2, 0) is 33.2 Å². The predicted molar refractivity (Wildman–Crippen MR) is 134 cm³/mol. The minimum atomic E-state index is -3.16. The van der Waals surface area contributed by atoms with E-state index in [9.17, 15) is 8.42 Å². The number of morpholine rings is 1. The number of benzene rings is 2. The average molecular weight is 458 g/mol. The summed E-state index contributed by atoms with van der Waals surface area (Å²) in [4.78, 5) is 2.46. The number of rotatable bonds is 6. The molecule has 2 aromatic rings. The molecular formula is C27H39NO3S. The van der Waals surface area contributed by atoms with Crippen molar-refractivity contribution in [3.8, 4) is 0 Å². The van der Waals surface area contributed by atoms with E-state index in [0.717, 1.165) is 24.9 Å². The average Bonchev–Trinajstić information content (AvgIpc) is 2.70. The van der Waals surface area contributed by atoms with Crippen LogP contribution in [0.25, 0.3) is 0 Å². The van der Waals surface area contributed by atoms with Gasteiger partial charge in [0.1, 0.15) is 0 Å². The van der Waals surface area contributed by atoms with Crippen LogP contribution in [0.3, 0.4) is 0 Å². The van der Waals surface area contributed by atoms with Crippen LogP contribution >= 0.6 is 0 Å². The van der Waals surface area contributed by atoms with Crippen LogP contribution in [0, 0.1) is 6.92 Å². The largest absolute Gasteiger partial charge is 0.372 e. The van der Waals surface area contributed by atoms with Gasteiger partial charge in [0.15, 0.2) is 9.84 Å². The monoisotopic (exact) mass is 457 g/mol. The molecule has 2 aromatic carbocycles. The van der Waals surface area contributed by atoms with Gasteiger partial charge >= 0.3 is 0 Å². The molecule has 3 atom stereocenters. The van der Waals surface area contributed by atoms with Crippen molar-refractivity contribution in [1.82, 2.24) is 0 Å². The zero-order valence-electron chi connectivity index (χ0n) is 20.7. The molecule has 4 nitrogen and oxygen atoms in total. The molecule has 0 spiro atoms. The van der Waals surface area contributed by atoms with E-state index in [1.807, 2.05) is 12.1 Å². The molecule has 0 aliphatic carbocycles. The maximum absolute atomic E-state index is 12.4. The molecule has 1 aliphatic heterocycles. The van der Waals surface area contributed by atoms with Gasteiger partial charge in [-0.25, -0.2) is 8.42 Å². The van der Waals surface area contributed by atoms with Crippen LogP contribution in [0.1, 0.15) is 63.8 Å². The topological polar surface area (TPSA) is 46.6 Å². The summed E-state index contributed by atoms with van der Waals surface area (Å²) in [7, 11) is -3.16. The number of nitrogens with zero attached hydrogens (tertiary/aromatic N) is 1. The first-order chi connectivity index (χ1) is 14.9. The Hall–Kier alpha value is -1.85. The lowest BCUT2D eigenvalue weighted by Crippen LogP contribution is -2.52. The van der Waals surface area contributed by atoms with Crippen LogP contribution in [0.5, 0.6) is 0 Å². The molecule has 0 N–H and O–H groups in total. The minimum absolute atomic E-state index is 0.0918. The molecule has 1 fully saturated rings. The van der Waals surface area contributed by atoms with E-state index in [1.54, 1.807) is 20.8 Å². The Bertz CT molecular complexity index is 1020. The highest BCUT2D eigenvalue weighted by Gasteiger charge is 2.30. The van der Waals surface area contributed by atoms with Crippen molar-refractivity contribution in [2.75, 3.05) is 11.4 Å². The van der Waals surface area contributed by atoms with Crippen LogP contribution in [0.4, 0.5) is 5.69 Å². The number of ether oxygens (including phenoxy) is 1. The molecular weight excluding hydrogens is 418 g/mol. The van der Waals surface area contributed by atoms with Gasteiger partial charge in [0.2, 0.25) is 0 Å². The van der Waals surface area contributed by atoms with Crippen molar-refractivity contribution < 1.29 is 13.2 Å². The standard InChI is InChI=1S/C27H39NO3S/c1-19-16-26(28-17-20(2)31-22(4)21(28)3)15-14-25(19)13-12-23-8-10-24(11-9-23)18-32(29,30)27(5,6)7/h8-11,14-16,20-22H,12-13,17-18H2,1-7H3/t20-,21?,22+/m0/s1. The molecule has 32 heavy (non-hydrogen) atoms. The summed E-state index contributed by atoms with van der Waals surface area (Å²) >= 11 is 0. The molecule has 0 radical (unpaired) electrons. The zero-order chi connectivity index (χ0) is 23.7. The molecule has 1 aliphatic rings. The molecule has 1 heterocycles. The van der Waals surface area contributed by atoms with Crippen molar-refractivity contribution >= 4 is 15.5 Å². The Morgan fingerprint density at radius 3 is 2.19 bits per heavy atom. The minimum Gasteiger partial charge on any atom is -0.372 e. The number of anilines is 1. The Labute approximate surface area is 194 Å². The summed E-state index contributed by atoms with van der Waals surface area (Å²) in [6, 6.07) is 15.2.